The van der Waals surface area contributed by atoms with Gasteiger partial charge in [-0.15, -0.1) is 0 Å². The Morgan fingerprint density at radius 1 is 1.50 bits per heavy atom. The van der Waals surface area contributed by atoms with E-state index in [0.717, 1.165) is 25.0 Å². The maximum Gasteiger partial charge on any atom is 0.0570 e. The molecule has 0 aromatic heterocycles. The van der Waals surface area contributed by atoms with Crippen LogP contribution in [-0.2, 0) is 0 Å². The minimum atomic E-state index is 0.644. The van der Waals surface area contributed by atoms with Crippen molar-refractivity contribution in [3.63, 3.8) is 0 Å². The average Bonchev–Trinajstić information content (AvgIpc) is 1.99. The molecule has 0 radical (unpaired) electrons. The molecule has 1 N–H and O–H groups in total. The summed E-state index contributed by atoms with van der Waals surface area (Å²) in [6.07, 6.45) is 2.95. The first-order valence-electron chi connectivity index (χ1n) is 3.94. The van der Waals surface area contributed by atoms with Gasteiger partial charge in [-0.2, -0.15) is 0 Å². The standard InChI is InChI=1S/C8H17NO/c1-4-7(3)6-8(5-2)9-10/h7,10H,4-6H2,1-3H3/b9-8+/t7-/m0/s1. The topological polar surface area (TPSA) is 32.6 Å². The molecule has 2 nitrogen and oxygen atoms in total. The van der Waals surface area contributed by atoms with Crippen LogP contribution < -0.4 is 0 Å². The largest absolute Gasteiger partial charge is 0.411 e. The summed E-state index contributed by atoms with van der Waals surface area (Å²) < 4.78 is 0. The van der Waals surface area contributed by atoms with Crippen molar-refractivity contribution in [2.24, 2.45) is 11.1 Å². The lowest BCUT2D eigenvalue weighted by Crippen LogP contribution is -2.03. The van der Waals surface area contributed by atoms with E-state index >= 15 is 0 Å². The Balaban J connectivity index is 3.64. The third-order valence-corrected chi connectivity index (χ3v) is 1.83. The van der Waals surface area contributed by atoms with Crippen molar-refractivity contribution in [3.05, 3.63) is 0 Å². The van der Waals surface area contributed by atoms with Crippen molar-refractivity contribution in [1.82, 2.24) is 0 Å². The molecular weight excluding hydrogens is 126 g/mol. The van der Waals surface area contributed by atoms with E-state index in [4.69, 9.17) is 5.21 Å². The molecule has 0 fully saturated rings. The normalized spacial score (nSPS) is 15.3. The van der Waals surface area contributed by atoms with E-state index in [-0.39, 0.29) is 0 Å². The second kappa shape index (κ2) is 5.27. The highest BCUT2D eigenvalue weighted by Gasteiger charge is 2.02. The average molecular weight is 143 g/mol. The van der Waals surface area contributed by atoms with Crippen LogP contribution in [0.1, 0.15) is 40.0 Å². The highest BCUT2D eigenvalue weighted by atomic mass is 16.4. The molecule has 0 aliphatic carbocycles. The van der Waals surface area contributed by atoms with Gasteiger partial charge in [0.2, 0.25) is 0 Å². The predicted octanol–water partition coefficient (Wildman–Crippen LogP) is 2.66. The molecule has 0 aromatic rings. The quantitative estimate of drug-likeness (QED) is 0.366. The highest BCUT2D eigenvalue weighted by Crippen LogP contribution is 2.08. The summed E-state index contributed by atoms with van der Waals surface area (Å²) in [5.41, 5.74) is 0.911. The van der Waals surface area contributed by atoms with Gasteiger partial charge >= 0.3 is 0 Å². The van der Waals surface area contributed by atoms with Crippen molar-refractivity contribution in [3.8, 4) is 0 Å². The summed E-state index contributed by atoms with van der Waals surface area (Å²) in [6.45, 7) is 6.33. The molecule has 0 unspecified atom stereocenters. The van der Waals surface area contributed by atoms with Crippen LogP contribution in [0.25, 0.3) is 0 Å². The molecule has 0 heterocycles. The van der Waals surface area contributed by atoms with Crippen LogP contribution in [0, 0.1) is 5.92 Å². The summed E-state index contributed by atoms with van der Waals surface area (Å²) in [6, 6.07) is 0. The van der Waals surface area contributed by atoms with Gasteiger partial charge in [0.1, 0.15) is 0 Å². The van der Waals surface area contributed by atoms with Crippen molar-refractivity contribution < 1.29 is 5.21 Å². The van der Waals surface area contributed by atoms with Gasteiger partial charge in [0.05, 0.1) is 5.71 Å². The van der Waals surface area contributed by atoms with Crippen molar-refractivity contribution in [2.75, 3.05) is 0 Å². The first kappa shape index (κ1) is 9.47. The first-order chi connectivity index (χ1) is 4.74. The van der Waals surface area contributed by atoms with Gasteiger partial charge in [0.15, 0.2) is 0 Å². The minimum absolute atomic E-state index is 0.644. The Hall–Kier alpha value is -0.530. The minimum Gasteiger partial charge on any atom is -0.411 e. The van der Waals surface area contributed by atoms with Crippen LogP contribution in [0.2, 0.25) is 0 Å². The monoisotopic (exact) mass is 143 g/mol. The van der Waals surface area contributed by atoms with Crippen LogP contribution >= 0.6 is 0 Å². The van der Waals surface area contributed by atoms with Crippen molar-refractivity contribution in [1.29, 1.82) is 0 Å². The summed E-state index contributed by atoms with van der Waals surface area (Å²) in [7, 11) is 0. The van der Waals surface area contributed by atoms with Crippen LogP contribution in [0.4, 0.5) is 0 Å². The summed E-state index contributed by atoms with van der Waals surface area (Å²) in [5.74, 6) is 0.644. The van der Waals surface area contributed by atoms with E-state index in [0.29, 0.717) is 5.92 Å². The molecule has 60 valence electrons. The van der Waals surface area contributed by atoms with Gasteiger partial charge in [-0.3, -0.25) is 0 Å². The smallest absolute Gasteiger partial charge is 0.0570 e. The molecule has 0 spiro atoms. The van der Waals surface area contributed by atoms with Gasteiger partial charge in [-0.25, -0.2) is 0 Å². The molecule has 0 bridgehead atoms. The molecule has 0 rings (SSSR count). The molecule has 0 saturated heterocycles. The van der Waals surface area contributed by atoms with Gasteiger partial charge in [-0.05, 0) is 18.8 Å². The van der Waals surface area contributed by atoms with Gasteiger partial charge in [0, 0.05) is 0 Å². The number of nitrogens with zero attached hydrogens (tertiary/aromatic N) is 1. The fraction of sp³-hybridized carbons (Fsp3) is 0.875. The molecule has 0 saturated carbocycles. The van der Waals surface area contributed by atoms with Crippen LogP contribution in [-0.4, -0.2) is 10.9 Å². The lowest BCUT2D eigenvalue weighted by molar-refractivity contribution is 0.315. The van der Waals surface area contributed by atoms with E-state index < -0.39 is 0 Å². The SMILES string of the molecule is CC/C(C[C@@H](C)CC)=N\O. The van der Waals surface area contributed by atoms with E-state index in [9.17, 15) is 0 Å². The maximum absolute atomic E-state index is 8.46. The van der Waals surface area contributed by atoms with Crippen molar-refractivity contribution in [2.45, 2.75) is 40.0 Å². The molecule has 10 heavy (non-hydrogen) atoms. The predicted molar refractivity (Wildman–Crippen MR) is 43.6 cm³/mol. The molecule has 2 heteroatoms. The maximum atomic E-state index is 8.46. The molecule has 0 aromatic carbocycles. The third kappa shape index (κ3) is 3.49. The molecule has 1 atom stereocenters. The van der Waals surface area contributed by atoms with E-state index in [2.05, 4.69) is 19.0 Å². The second-order valence-corrected chi connectivity index (χ2v) is 2.74. The second-order valence-electron chi connectivity index (χ2n) is 2.74. The van der Waals surface area contributed by atoms with E-state index in [1.807, 2.05) is 6.92 Å². The lowest BCUT2D eigenvalue weighted by atomic mass is 10.0. The van der Waals surface area contributed by atoms with Crippen LogP contribution in [0.3, 0.4) is 0 Å². The zero-order chi connectivity index (χ0) is 7.98. The third-order valence-electron chi connectivity index (χ3n) is 1.83. The Morgan fingerprint density at radius 2 is 2.10 bits per heavy atom. The van der Waals surface area contributed by atoms with Gasteiger partial charge in [-0.1, -0.05) is 32.3 Å². The first-order valence-corrected chi connectivity index (χ1v) is 3.94. The fourth-order valence-electron chi connectivity index (χ4n) is 0.802. The number of hydrogen-bond acceptors (Lipinski definition) is 2. The van der Waals surface area contributed by atoms with Crippen LogP contribution in [0.5, 0.6) is 0 Å². The Kier molecular flexibility index (Phi) is 4.99. The zero-order valence-corrected chi connectivity index (χ0v) is 7.09. The van der Waals surface area contributed by atoms with Gasteiger partial charge in [0.25, 0.3) is 0 Å². The molecule has 0 aliphatic rings. The number of rotatable bonds is 4. The summed E-state index contributed by atoms with van der Waals surface area (Å²) in [4.78, 5) is 0. The summed E-state index contributed by atoms with van der Waals surface area (Å²) >= 11 is 0. The number of oxime groups is 1. The highest BCUT2D eigenvalue weighted by molar-refractivity contribution is 5.83. The summed E-state index contributed by atoms with van der Waals surface area (Å²) in [5, 5.41) is 11.7. The van der Waals surface area contributed by atoms with Gasteiger partial charge < -0.3 is 5.21 Å². The van der Waals surface area contributed by atoms with Crippen LogP contribution in [0.15, 0.2) is 5.16 Å². The Bertz CT molecular complexity index is 110. The fourth-order valence-corrected chi connectivity index (χ4v) is 0.802. The van der Waals surface area contributed by atoms with E-state index in [1.165, 1.54) is 0 Å². The zero-order valence-electron chi connectivity index (χ0n) is 7.09. The lowest BCUT2D eigenvalue weighted by Gasteiger charge is -2.06. The van der Waals surface area contributed by atoms with Crippen molar-refractivity contribution >= 4 is 5.71 Å². The Labute approximate surface area is 62.9 Å². The van der Waals surface area contributed by atoms with E-state index in [1.54, 1.807) is 0 Å². The molecular formula is C8H17NO. The molecule has 0 aliphatic heterocycles. The number of hydrogen-bond donors (Lipinski definition) is 1. The molecule has 0 amide bonds. The Morgan fingerprint density at radius 3 is 2.40 bits per heavy atom.